The van der Waals surface area contributed by atoms with E-state index in [2.05, 4.69) is 20.2 Å². The van der Waals surface area contributed by atoms with Crippen LogP contribution in [0.2, 0.25) is 5.02 Å². The summed E-state index contributed by atoms with van der Waals surface area (Å²) in [5.74, 6) is 1.53. The Morgan fingerprint density at radius 3 is 2.64 bits per heavy atom. The summed E-state index contributed by atoms with van der Waals surface area (Å²) < 4.78 is 0. The first kappa shape index (κ1) is 14.6. The number of nitrogens with one attached hydrogen (secondary N) is 1. The van der Waals surface area contributed by atoms with Gasteiger partial charge in [0.25, 0.3) is 0 Å². The molecule has 2 aromatic rings. The minimum atomic E-state index is 0.641. The van der Waals surface area contributed by atoms with Gasteiger partial charge in [0.1, 0.15) is 18.0 Å². The molecule has 0 atom stereocenters. The Morgan fingerprint density at radius 2 is 1.91 bits per heavy atom. The summed E-state index contributed by atoms with van der Waals surface area (Å²) in [6, 6.07) is 9.40. The van der Waals surface area contributed by atoms with E-state index in [0.29, 0.717) is 23.9 Å². The standard InChI is InChI=1S/C15H16ClN5O/c16-12-3-1-2-4-13(12)19-14-9-15(18-10-17-14)21-7-5-20(11-22)6-8-21/h1-4,9-11H,5-8H2,(H,17,18,19). The number of hydrogen-bond acceptors (Lipinski definition) is 5. The first-order chi connectivity index (χ1) is 10.8. The molecule has 0 radical (unpaired) electrons. The molecule has 1 fully saturated rings. The fourth-order valence-corrected chi connectivity index (χ4v) is 2.53. The van der Waals surface area contributed by atoms with Gasteiger partial charge in [0.15, 0.2) is 0 Å². The highest BCUT2D eigenvalue weighted by atomic mass is 35.5. The lowest BCUT2D eigenvalue weighted by Gasteiger charge is -2.33. The molecule has 1 aromatic heterocycles. The van der Waals surface area contributed by atoms with Gasteiger partial charge < -0.3 is 15.1 Å². The Morgan fingerprint density at radius 1 is 1.14 bits per heavy atom. The van der Waals surface area contributed by atoms with Crippen molar-refractivity contribution in [1.29, 1.82) is 0 Å². The van der Waals surface area contributed by atoms with Crippen molar-refractivity contribution in [2.24, 2.45) is 0 Å². The molecular weight excluding hydrogens is 302 g/mol. The van der Waals surface area contributed by atoms with Gasteiger partial charge in [-0.25, -0.2) is 9.97 Å². The van der Waals surface area contributed by atoms with Crippen molar-refractivity contribution in [2.75, 3.05) is 36.4 Å². The van der Waals surface area contributed by atoms with Gasteiger partial charge in [0.05, 0.1) is 10.7 Å². The van der Waals surface area contributed by atoms with Gasteiger partial charge in [0.2, 0.25) is 6.41 Å². The smallest absolute Gasteiger partial charge is 0.209 e. The summed E-state index contributed by atoms with van der Waals surface area (Å²) in [5, 5.41) is 3.84. The molecule has 1 amide bonds. The average Bonchev–Trinajstić information content (AvgIpc) is 2.57. The van der Waals surface area contributed by atoms with E-state index in [9.17, 15) is 4.79 Å². The van der Waals surface area contributed by atoms with Crippen LogP contribution in [0.4, 0.5) is 17.3 Å². The van der Waals surface area contributed by atoms with Crippen molar-refractivity contribution >= 4 is 35.3 Å². The van der Waals surface area contributed by atoms with Crippen LogP contribution in [-0.2, 0) is 4.79 Å². The van der Waals surface area contributed by atoms with Crippen molar-refractivity contribution < 1.29 is 4.79 Å². The van der Waals surface area contributed by atoms with Crippen LogP contribution in [0, 0.1) is 0 Å². The Labute approximate surface area is 133 Å². The fraction of sp³-hybridized carbons (Fsp3) is 0.267. The predicted octanol–water partition coefficient (Wildman–Crippen LogP) is 2.15. The fourth-order valence-electron chi connectivity index (χ4n) is 2.35. The van der Waals surface area contributed by atoms with Gasteiger partial charge in [0, 0.05) is 32.2 Å². The van der Waals surface area contributed by atoms with E-state index in [4.69, 9.17) is 11.6 Å². The number of para-hydroxylation sites is 1. The van der Waals surface area contributed by atoms with Crippen LogP contribution in [0.25, 0.3) is 0 Å². The maximum absolute atomic E-state index is 10.8. The number of rotatable bonds is 4. The molecule has 7 heteroatoms. The van der Waals surface area contributed by atoms with Crippen LogP contribution in [0.5, 0.6) is 0 Å². The van der Waals surface area contributed by atoms with Gasteiger partial charge >= 0.3 is 0 Å². The van der Waals surface area contributed by atoms with E-state index >= 15 is 0 Å². The molecule has 1 aliphatic rings. The topological polar surface area (TPSA) is 61.4 Å². The highest BCUT2D eigenvalue weighted by Crippen LogP contribution is 2.25. The van der Waals surface area contributed by atoms with Crippen molar-refractivity contribution in [1.82, 2.24) is 14.9 Å². The lowest BCUT2D eigenvalue weighted by atomic mass is 10.3. The summed E-state index contributed by atoms with van der Waals surface area (Å²) in [6.07, 6.45) is 2.42. The van der Waals surface area contributed by atoms with Gasteiger partial charge in [-0.2, -0.15) is 0 Å². The molecule has 3 rings (SSSR count). The van der Waals surface area contributed by atoms with Crippen molar-refractivity contribution in [2.45, 2.75) is 0 Å². The maximum atomic E-state index is 10.8. The molecule has 2 heterocycles. The quantitative estimate of drug-likeness (QED) is 0.876. The van der Waals surface area contributed by atoms with Gasteiger partial charge in [-0.3, -0.25) is 4.79 Å². The number of aromatic nitrogens is 2. The maximum Gasteiger partial charge on any atom is 0.209 e. The van der Waals surface area contributed by atoms with Gasteiger partial charge in [-0.05, 0) is 12.1 Å². The lowest BCUT2D eigenvalue weighted by Crippen LogP contribution is -2.46. The van der Waals surface area contributed by atoms with Crippen molar-refractivity contribution in [3.05, 3.63) is 41.7 Å². The summed E-state index contributed by atoms with van der Waals surface area (Å²) >= 11 is 6.14. The highest BCUT2D eigenvalue weighted by Gasteiger charge is 2.17. The third kappa shape index (κ3) is 3.28. The molecule has 22 heavy (non-hydrogen) atoms. The first-order valence-electron chi connectivity index (χ1n) is 7.04. The van der Waals surface area contributed by atoms with Crippen LogP contribution in [0.1, 0.15) is 0 Å². The third-order valence-electron chi connectivity index (χ3n) is 3.58. The molecule has 1 N–H and O–H groups in total. The molecule has 1 aromatic carbocycles. The summed E-state index contributed by atoms with van der Waals surface area (Å²) in [5.41, 5.74) is 0.805. The predicted molar refractivity (Wildman–Crippen MR) is 86.6 cm³/mol. The van der Waals surface area contributed by atoms with E-state index in [0.717, 1.165) is 31.0 Å². The molecule has 1 aliphatic heterocycles. The Balaban J connectivity index is 1.73. The molecule has 0 unspecified atom stereocenters. The van der Waals surface area contributed by atoms with E-state index in [1.165, 1.54) is 6.33 Å². The number of anilines is 3. The van der Waals surface area contributed by atoms with E-state index in [-0.39, 0.29) is 0 Å². The Bertz CT molecular complexity index is 658. The zero-order valence-electron chi connectivity index (χ0n) is 11.9. The van der Waals surface area contributed by atoms with Crippen LogP contribution >= 0.6 is 11.6 Å². The van der Waals surface area contributed by atoms with Crippen LogP contribution in [0.15, 0.2) is 36.7 Å². The average molecular weight is 318 g/mol. The minimum absolute atomic E-state index is 0.641. The molecule has 0 spiro atoms. The number of piperazine rings is 1. The van der Waals surface area contributed by atoms with Crippen molar-refractivity contribution in [3.63, 3.8) is 0 Å². The lowest BCUT2D eigenvalue weighted by molar-refractivity contribution is -0.118. The summed E-state index contributed by atoms with van der Waals surface area (Å²) in [7, 11) is 0. The normalized spacial score (nSPS) is 14.8. The zero-order valence-corrected chi connectivity index (χ0v) is 12.7. The van der Waals surface area contributed by atoms with Crippen molar-refractivity contribution in [3.8, 4) is 0 Å². The number of hydrogen-bond donors (Lipinski definition) is 1. The van der Waals surface area contributed by atoms with Crippen LogP contribution < -0.4 is 10.2 Å². The second-order valence-electron chi connectivity index (χ2n) is 4.99. The monoisotopic (exact) mass is 317 g/mol. The van der Waals surface area contributed by atoms with E-state index in [1.54, 1.807) is 4.90 Å². The second kappa shape index (κ2) is 6.62. The van der Waals surface area contributed by atoms with Gasteiger partial charge in [-0.15, -0.1) is 0 Å². The Hall–Kier alpha value is -2.34. The minimum Gasteiger partial charge on any atom is -0.353 e. The summed E-state index contributed by atoms with van der Waals surface area (Å²) in [6.45, 7) is 2.95. The van der Waals surface area contributed by atoms with E-state index < -0.39 is 0 Å². The number of carbonyl (C=O) groups excluding carboxylic acids is 1. The number of carbonyl (C=O) groups is 1. The number of benzene rings is 1. The molecule has 0 aliphatic carbocycles. The molecular formula is C15H16ClN5O. The van der Waals surface area contributed by atoms with E-state index in [1.807, 2.05) is 30.3 Å². The SMILES string of the molecule is O=CN1CCN(c2cc(Nc3ccccc3Cl)ncn2)CC1. The van der Waals surface area contributed by atoms with Crippen LogP contribution in [-0.4, -0.2) is 47.5 Å². The largest absolute Gasteiger partial charge is 0.353 e. The molecule has 1 saturated heterocycles. The molecule has 0 saturated carbocycles. The van der Waals surface area contributed by atoms with Crippen LogP contribution in [0.3, 0.4) is 0 Å². The zero-order chi connectivity index (χ0) is 15.4. The Kier molecular flexibility index (Phi) is 4.39. The molecule has 0 bridgehead atoms. The molecule has 114 valence electrons. The number of halogens is 1. The third-order valence-corrected chi connectivity index (χ3v) is 3.91. The first-order valence-corrected chi connectivity index (χ1v) is 7.42. The number of amides is 1. The summed E-state index contributed by atoms with van der Waals surface area (Å²) in [4.78, 5) is 23.2. The highest BCUT2D eigenvalue weighted by molar-refractivity contribution is 6.33. The number of nitrogens with zero attached hydrogens (tertiary/aromatic N) is 4. The second-order valence-corrected chi connectivity index (χ2v) is 5.40. The molecule has 6 nitrogen and oxygen atoms in total. The van der Waals surface area contributed by atoms with Gasteiger partial charge in [-0.1, -0.05) is 23.7 Å².